The summed E-state index contributed by atoms with van der Waals surface area (Å²) >= 11 is 0. The van der Waals surface area contributed by atoms with Crippen LogP contribution in [0.1, 0.15) is 2.85 Å². The molecule has 0 radical (unpaired) electrons. The van der Waals surface area contributed by atoms with Crippen LogP contribution in [0.15, 0.2) is 0 Å². The van der Waals surface area contributed by atoms with E-state index in [4.69, 9.17) is 9.47 Å². The van der Waals surface area contributed by atoms with Crippen molar-refractivity contribution < 1.29 is 71.4 Å². The number of rotatable bonds is 0. The van der Waals surface area contributed by atoms with Crippen LogP contribution in [0.5, 0.6) is 0 Å². The predicted molar refractivity (Wildman–Crippen MR) is 23.9 cm³/mol. The summed E-state index contributed by atoms with van der Waals surface area (Å²) < 4.78 is 9.89. The first-order valence-corrected chi connectivity index (χ1v) is 2.15. The van der Waals surface area contributed by atoms with E-state index in [0.29, 0.717) is 0 Å². The molecule has 8 heavy (non-hydrogen) atoms. The molecule has 0 spiro atoms. The maximum Gasteiger partial charge on any atom is 1.00 e. The van der Waals surface area contributed by atoms with Gasteiger partial charge in [-0.1, -0.05) is 0 Å². The molecule has 40 valence electrons. The number of hydrogen-bond acceptors (Lipinski definition) is 2. The van der Waals surface area contributed by atoms with Gasteiger partial charge in [0.2, 0.25) is 0 Å². The van der Waals surface area contributed by atoms with Gasteiger partial charge in [-0.3, -0.25) is 0 Å². The Morgan fingerprint density at radius 2 is 1.00 bits per heavy atom. The van der Waals surface area contributed by atoms with E-state index >= 15 is 0 Å². The molecular weight excluding hydrogens is 126 g/mol. The molecule has 0 aromatic heterocycles. The third-order valence-corrected chi connectivity index (χ3v) is 0.744. The molecule has 0 atom stereocenters. The van der Waals surface area contributed by atoms with E-state index in [0.717, 1.165) is 26.4 Å². The summed E-state index contributed by atoms with van der Waals surface area (Å²) in [5.41, 5.74) is 0. The number of ether oxygens (including phenoxy) is 2. The zero-order valence-electron chi connectivity index (χ0n) is 7.64. The van der Waals surface area contributed by atoms with Gasteiger partial charge in [-0.2, -0.15) is 0 Å². The standard InChI is InChI=1S/C4H8O2.2Na.2H/c1-2-6-4-3-5-1;;;;/h1-4H2;;;;/q;2*+1;2*-1. The van der Waals surface area contributed by atoms with Gasteiger partial charge >= 0.3 is 59.1 Å². The molecule has 0 aliphatic carbocycles. The van der Waals surface area contributed by atoms with Gasteiger partial charge in [0, 0.05) is 0 Å². The minimum Gasteiger partial charge on any atom is -1.00 e. The normalized spacial score (nSPS) is 18.0. The van der Waals surface area contributed by atoms with E-state index in [-0.39, 0.29) is 62.0 Å². The molecule has 0 saturated carbocycles. The first-order valence-electron chi connectivity index (χ1n) is 2.15. The fourth-order valence-corrected chi connectivity index (χ4v) is 0.440. The maximum atomic E-state index is 4.94. The van der Waals surface area contributed by atoms with Crippen LogP contribution in [0.2, 0.25) is 0 Å². The molecule has 1 aliphatic rings. The molecule has 1 saturated heterocycles. The number of hydrogen-bond donors (Lipinski definition) is 0. The Labute approximate surface area is 96.9 Å². The van der Waals surface area contributed by atoms with Crippen LogP contribution in [0.3, 0.4) is 0 Å². The van der Waals surface area contributed by atoms with E-state index < -0.39 is 0 Å². The van der Waals surface area contributed by atoms with E-state index in [9.17, 15) is 0 Å². The summed E-state index contributed by atoms with van der Waals surface area (Å²) in [5, 5.41) is 0. The summed E-state index contributed by atoms with van der Waals surface area (Å²) in [6, 6.07) is 0. The molecule has 4 heteroatoms. The van der Waals surface area contributed by atoms with Crippen LogP contribution in [-0.4, -0.2) is 26.4 Å². The van der Waals surface area contributed by atoms with Crippen LogP contribution in [0.25, 0.3) is 0 Å². The van der Waals surface area contributed by atoms with Gasteiger partial charge in [0.05, 0.1) is 26.4 Å². The molecule has 0 unspecified atom stereocenters. The summed E-state index contributed by atoms with van der Waals surface area (Å²) in [6.07, 6.45) is 0. The van der Waals surface area contributed by atoms with Crippen molar-refractivity contribution in [2.24, 2.45) is 0 Å². The molecule has 0 aromatic carbocycles. The summed E-state index contributed by atoms with van der Waals surface area (Å²) in [4.78, 5) is 0. The van der Waals surface area contributed by atoms with E-state index in [1.807, 2.05) is 0 Å². The Bertz CT molecular complexity index is 34.7. The topological polar surface area (TPSA) is 18.5 Å². The van der Waals surface area contributed by atoms with Gasteiger partial charge in [-0.25, -0.2) is 0 Å². The zero-order chi connectivity index (χ0) is 4.24. The van der Waals surface area contributed by atoms with Gasteiger partial charge in [-0.05, 0) is 0 Å². The van der Waals surface area contributed by atoms with Gasteiger partial charge in [0.1, 0.15) is 0 Å². The Morgan fingerprint density at radius 1 is 0.750 bits per heavy atom. The molecule has 0 amide bonds. The maximum absolute atomic E-state index is 4.94. The molecule has 2 nitrogen and oxygen atoms in total. The molecule has 0 aromatic rings. The quantitative estimate of drug-likeness (QED) is 0.309. The van der Waals surface area contributed by atoms with Crippen molar-refractivity contribution in [3.05, 3.63) is 0 Å². The molecule has 0 bridgehead atoms. The first-order chi connectivity index (χ1) is 3.00. The third kappa shape index (κ3) is 6.05. The average Bonchev–Trinajstić information content (AvgIpc) is 1.72. The second-order valence-electron chi connectivity index (χ2n) is 1.22. The van der Waals surface area contributed by atoms with Crippen LogP contribution < -0.4 is 59.1 Å². The fraction of sp³-hybridized carbons (Fsp3) is 1.00. The Kier molecular flexibility index (Phi) is 14.0. The van der Waals surface area contributed by atoms with Crippen LogP contribution in [-0.2, 0) is 9.47 Å². The second-order valence-corrected chi connectivity index (χ2v) is 1.22. The summed E-state index contributed by atoms with van der Waals surface area (Å²) in [5.74, 6) is 0. The Hall–Kier alpha value is 1.92. The van der Waals surface area contributed by atoms with Gasteiger partial charge < -0.3 is 12.3 Å². The largest absolute Gasteiger partial charge is 1.00 e. The van der Waals surface area contributed by atoms with Crippen LogP contribution in [0, 0.1) is 0 Å². The van der Waals surface area contributed by atoms with Crippen molar-refractivity contribution in [1.29, 1.82) is 0 Å². The van der Waals surface area contributed by atoms with Crippen LogP contribution >= 0.6 is 0 Å². The van der Waals surface area contributed by atoms with Gasteiger partial charge in [-0.15, -0.1) is 0 Å². The molecule has 1 rings (SSSR count). The van der Waals surface area contributed by atoms with Crippen molar-refractivity contribution in [3.63, 3.8) is 0 Å². The average molecular weight is 136 g/mol. The SMILES string of the molecule is C1COCCO1.[H-].[H-].[Na+].[Na+]. The van der Waals surface area contributed by atoms with Crippen LogP contribution in [0.4, 0.5) is 0 Å². The second kappa shape index (κ2) is 8.92. The Morgan fingerprint density at radius 3 is 1.12 bits per heavy atom. The predicted octanol–water partition coefficient (Wildman–Crippen LogP) is -5.73. The van der Waals surface area contributed by atoms with E-state index in [1.54, 1.807) is 0 Å². The van der Waals surface area contributed by atoms with E-state index in [1.165, 1.54) is 0 Å². The smallest absolute Gasteiger partial charge is 1.00 e. The van der Waals surface area contributed by atoms with Crippen molar-refractivity contribution in [3.8, 4) is 0 Å². The minimum absolute atomic E-state index is 0. The third-order valence-electron chi connectivity index (χ3n) is 0.744. The monoisotopic (exact) mass is 136 g/mol. The van der Waals surface area contributed by atoms with Gasteiger partial charge in [0.15, 0.2) is 0 Å². The Balaban J connectivity index is -0.0000000450. The molecule has 0 N–H and O–H groups in total. The first kappa shape index (κ1) is 12.6. The van der Waals surface area contributed by atoms with Crippen molar-refractivity contribution in [1.82, 2.24) is 0 Å². The summed E-state index contributed by atoms with van der Waals surface area (Å²) in [6.45, 7) is 3.11. The van der Waals surface area contributed by atoms with Crippen molar-refractivity contribution in [2.75, 3.05) is 26.4 Å². The zero-order valence-corrected chi connectivity index (χ0v) is 9.64. The fourth-order valence-electron chi connectivity index (χ4n) is 0.440. The molecule has 1 aliphatic heterocycles. The van der Waals surface area contributed by atoms with Crippen molar-refractivity contribution in [2.45, 2.75) is 0 Å². The summed E-state index contributed by atoms with van der Waals surface area (Å²) in [7, 11) is 0. The van der Waals surface area contributed by atoms with Gasteiger partial charge in [0.25, 0.3) is 0 Å². The van der Waals surface area contributed by atoms with Crippen molar-refractivity contribution >= 4 is 0 Å². The molecular formula is C4H10Na2O2. The molecule has 1 fully saturated rings. The molecule has 1 heterocycles. The minimum atomic E-state index is 0. The van der Waals surface area contributed by atoms with E-state index in [2.05, 4.69) is 0 Å².